The average Bonchev–Trinajstić information content (AvgIpc) is 2.61. The van der Waals surface area contributed by atoms with Crippen molar-refractivity contribution in [2.75, 3.05) is 5.73 Å². The predicted molar refractivity (Wildman–Crippen MR) is 74.5 cm³/mol. The molecular weight excluding hydrogens is 294 g/mol. The van der Waals surface area contributed by atoms with Gasteiger partial charge in [0.05, 0.1) is 12.1 Å². The van der Waals surface area contributed by atoms with Crippen LogP contribution in [0.2, 0.25) is 0 Å². The van der Waals surface area contributed by atoms with E-state index in [9.17, 15) is 4.79 Å². The lowest BCUT2D eigenvalue weighted by atomic mass is 10.1. The number of nitrogen functional groups attached to an aromatic ring is 1. The Kier molecular flexibility index (Phi) is 3.52. The second-order valence-corrected chi connectivity index (χ2v) is 5.09. The molecule has 1 aromatic heterocycles. The second kappa shape index (κ2) is 4.94. The number of ketones is 1. The number of hydrogen-bond acceptors (Lipinski definition) is 3. The maximum Gasteiger partial charge on any atom is 0.168 e. The van der Waals surface area contributed by atoms with E-state index >= 15 is 0 Å². The van der Waals surface area contributed by atoms with Crippen LogP contribution in [0.25, 0.3) is 0 Å². The van der Waals surface area contributed by atoms with Gasteiger partial charge in [0.2, 0.25) is 0 Å². The number of rotatable bonds is 3. The van der Waals surface area contributed by atoms with Gasteiger partial charge >= 0.3 is 0 Å². The van der Waals surface area contributed by atoms with Crippen molar-refractivity contribution in [3.05, 3.63) is 45.7 Å². The molecule has 0 saturated carbocycles. The Hall–Kier alpha value is -1.62. The van der Waals surface area contributed by atoms with Gasteiger partial charge in [-0.15, -0.1) is 0 Å². The molecule has 4 nitrogen and oxygen atoms in total. The summed E-state index contributed by atoms with van der Waals surface area (Å²) in [5.41, 5.74) is 8.80. The van der Waals surface area contributed by atoms with E-state index in [1.54, 1.807) is 22.9 Å². The number of benzene rings is 1. The van der Waals surface area contributed by atoms with Crippen molar-refractivity contribution in [3.8, 4) is 0 Å². The smallest absolute Gasteiger partial charge is 0.168 e. The first-order valence-electron chi connectivity index (χ1n) is 5.55. The number of hydrogen-bond donors (Lipinski definition) is 1. The van der Waals surface area contributed by atoms with Crippen molar-refractivity contribution in [1.82, 2.24) is 9.78 Å². The van der Waals surface area contributed by atoms with Crippen LogP contribution in [0.5, 0.6) is 0 Å². The summed E-state index contributed by atoms with van der Waals surface area (Å²) in [6.45, 7) is 1.91. The summed E-state index contributed by atoms with van der Waals surface area (Å²) < 4.78 is 2.48. The van der Waals surface area contributed by atoms with E-state index in [2.05, 4.69) is 21.0 Å². The number of halogens is 1. The first-order valence-corrected chi connectivity index (χ1v) is 6.34. The molecule has 0 amide bonds. The first-order chi connectivity index (χ1) is 8.47. The van der Waals surface area contributed by atoms with E-state index in [0.717, 1.165) is 15.9 Å². The van der Waals surface area contributed by atoms with Crippen molar-refractivity contribution < 1.29 is 4.79 Å². The van der Waals surface area contributed by atoms with Gasteiger partial charge in [-0.3, -0.25) is 9.48 Å². The third-order valence-corrected chi connectivity index (χ3v) is 3.45. The van der Waals surface area contributed by atoms with E-state index in [-0.39, 0.29) is 5.78 Å². The van der Waals surface area contributed by atoms with E-state index in [1.807, 2.05) is 20.0 Å². The monoisotopic (exact) mass is 307 g/mol. The van der Waals surface area contributed by atoms with Gasteiger partial charge in [-0.1, -0.05) is 0 Å². The Morgan fingerprint density at radius 1 is 1.44 bits per heavy atom. The van der Waals surface area contributed by atoms with Crippen LogP contribution in [0.3, 0.4) is 0 Å². The van der Waals surface area contributed by atoms with Crippen molar-refractivity contribution in [2.24, 2.45) is 7.05 Å². The van der Waals surface area contributed by atoms with E-state index in [1.165, 1.54) is 0 Å². The van der Waals surface area contributed by atoms with Crippen LogP contribution in [0.1, 0.15) is 21.7 Å². The summed E-state index contributed by atoms with van der Waals surface area (Å²) >= 11 is 3.32. The maximum absolute atomic E-state index is 12.1. The Morgan fingerprint density at radius 3 is 2.72 bits per heavy atom. The summed E-state index contributed by atoms with van der Waals surface area (Å²) in [5, 5.41) is 4.22. The molecule has 2 aromatic rings. The van der Waals surface area contributed by atoms with E-state index in [4.69, 9.17) is 5.73 Å². The number of Topliss-reactive ketones (excluding diaryl/α,β-unsaturated/α-hetero) is 1. The standard InChI is InChI=1S/C13H14BrN3O/c1-8-5-10(17(2)16-8)7-13(18)9-3-4-12(15)11(14)6-9/h3-6H,7,15H2,1-2H3. The molecule has 2 N–H and O–H groups in total. The van der Waals surface area contributed by atoms with Gasteiger partial charge in [-0.25, -0.2) is 0 Å². The normalized spacial score (nSPS) is 10.6. The molecule has 0 bridgehead atoms. The van der Waals surface area contributed by atoms with Crippen LogP contribution in [0, 0.1) is 6.92 Å². The molecule has 5 heteroatoms. The Balaban J connectivity index is 2.22. The number of carbonyl (C=O) groups excluding carboxylic acids is 1. The Morgan fingerprint density at radius 2 is 2.17 bits per heavy atom. The molecule has 0 fully saturated rings. The molecule has 94 valence electrons. The number of nitrogens with two attached hydrogens (primary N) is 1. The molecule has 0 aliphatic rings. The molecule has 0 aliphatic heterocycles. The minimum atomic E-state index is 0.0544. The molecule has 18 heavy (non-hydrogen) atoms. The summed E-state index contributed by atoms with van der Waals surface area (Å²) in [6, 6.07) is 7.14. The molecule has 0 atom stereocenters. The zero-order valence-corrected chi connectivity index (χ0v) is 11.9. The van der Waals surface area contributed by atoms with Gasteiger partial charge in [0.1, 0.15) is 0 Å². The van der Waals surface area contributed by atoms with E-state index < -0.39 is 0 Å². The number of carbonyl (C=O) groups is 1. The molecule has 1 aromatic carbocycles. The number of nitrogens with zero attached hydrogens (tertiary/aromatic N) is 2. The molecule has 1 heterocycles. The second-order valence-electron chi connectivity index (χ2n) is 4.24. The average molecular weight is 308 g/mol. The van der Waals surface area contributed by atoms with Gasteiger partial charge < -0.3 is 5.73 Å². The third kappa shape index (κ3) is 2.61. The number of aromatic nitrogens is 2. The lowest BCUT2D eigenvalue weighted by Gasteiger charge is -2.04. The van der Waals surface area contributed by atoms with Gasteiger partial charge in [0.15, 0.2) is 5.78 Å². The maximum atomic E-state index is 12.1. The van der Waals surface area contributed by atoms with Crippen LogP contribution >= 0.6 is 15.9 Å². The highest BCUT2D eigenvalue weighted by molar-refractivity contribution is 9.10. The first kappa shape index (κ1) is 12.8. The third-order valence-electron chi connectivity index (χ3n) is 2.76. The van der Waals surface area contributed by atoms with E-state index in [0.29, 0.717) is 17.7 Å². The fourth-order valence-electron chi connectivity index (χ4n) is 1.80. The summed E-state index contributed by atoms with van der Waals surface area (Å²) in [6.07, 6.45) is 0.341. The minimum absolute atomic E-state index is 0.0544. The fraction of sp³-hybridized carbons (Fsp3) is 0.231. The van der Waals surface area contributed by atoms with Crippen LogP contribution in [0.15, 0.2) is 28.7 Å². The molecule has 2 rings (SSSR count). The van der Waals surface area contributed by atoms with Crippen molar-refractivity contribution in [2.45, 2.75) is 13.3 Å². The van der Waals surface area contributed by atoms with Crippen LogP contribution in [0.4, 0.5) is 5.69 Å². The van der Waals surface area contributed by atoms with Gasteiger partial charge in [0.25, 0.3) is 0 Å². The molecule has 0 aliphatic carbocycles. The fourth-order valence-corrected chi connectivity index (χ4v) is 2.18. The Labute approximate surface area is 114 Å². The Bertz CT molecular complexity index is 604. The molecule has 0 spiro atoms. The largest absolute Gasteiger partial charge is 0.398 e. The zero-order valence-electron chi connectivity index (χ0n) is 10.3. The van der Waals surface area contributed by atoms with Gasteiger partial charge in [-0.2, -0.15) is 5.10 Å². The van der Waals surface area contributed by atoms with Gasteiger partial charge in [0, 0.05) is 28.5 Å². The van der Waals surface area contributed by atoms with Crippen LogP contribution in [-0.4, -0.2) is 15.6 Å². The summed E-state index contributed by atoms with van der Waals surface area (Å²) in [7, 11) is 1.84. The quantitative estimate of drug-likeness (QED) is 0.700. The molecule has 0 radical (unpaired) electrons. The summed E-state index contributed by atoms with van der Waals surface area (Å²) in [5.74, 6) is 0.0544. The van der Waals surface area contributed by atoms with Crippen molar-refractivity contribution >= 4 is 27.4 Å². The topological polar surface area (TPSA) is 60.9 Å². The minimum Gasteiger partial charge on any atom is -0.398 e. The number of aryl methyl sites for hydroxylation is 2. The molecular formula is C13H14BrN3O. The van der Waals surface area contributed by atoms with Crippen LogP contribution in [-0.2, 0) is 13.5 Å². The van der Waals surface area contributed by atoms with Crippen molar-refractivity contribution in [3.63, 3.8) is 0 Å². The van der Waals surface area contributed by atoms with Gasteiger partial charge in [-0.05, 0) is 47.1 Å². The summed E-state index contributed by atoms with van der Waals surface area (Å²) in [4.78, 5) is 12.1. The molecule has 0 unspecified atom stereocenters. The predicted octanol–water partition coefficient (Wildman–Crippen LogP) is 2.50. The van der Waals surface area contributed by atoms with Crippen LogP contribution < -0.4 is 5.73 Å². The van der Waals surface area contributed by atoms with Crippen molar-refractivity contribution in [1.29, 1.82) is 0 Å². The highest BCUT2D eigenvalue weighted by atomic mass is 79.9. The zero-order chi connectivity index (χ0) is 13.3. The lowest BCUT2D eigenvalue weighted by molar-refractivity contribution is 0.0990. The highest BCUT2D eigenvalue weighted by Crippen LogP contribution is 2.21. The molecule has 0 saturated heterocycles. The lowest BCUT2D eigenvalue weighted by Crippen LogP contribution is -2.08. The SMILES string of the molecule is Cc1cc(CC(=O)c2ccc(N)c(Br)c2)n(C)n1. The number of anilines is 1. The highest BCUT2D eigenvalue weighted by Gasteiger charge is 2.11.